The van der Waals surface area contributed by atoms with Crippen molar-refractivity contribution in [3.63, 3.8) is 0 Å². The van der Waals surface area contributed by atoms with Crippen LogP contribution in [0.25, 0.3) is 0 Å². The van der Waals surface area contributed by atoms with Gasteiger partial charge < -0.3 is 5.32 Å². The third-order valence-corrected chi connectivity index (χ3v) is 6.55. The summed E-state index contributed by atoms with van der Waals surface area (Å²) < 4.78 is 25.1. The van der Waals surface area contributed by atoms with E-state index in [0.717, 1.165) is 18.5 Å². The highest BCUT2D eigenvalue weighted by atomic mass is 32.2. The number of hydrogen-bond donors (Lipinski definition) is 1. The quantitative estimate of drug-likeness (QED) is 0.914. The van der Waals surface area contributed by atoms with Gasteiger partial charge in [0.25, 0.3) is 5.91 Å². The van der Waals surface area contributed by atoms with Crippen LogP contribution in [0.2, 0.25) is 0 Å². The van der Waals surface area contributed by atoms with Crippen molar-refractivity contribution in [3.8, 4) is 0 Å². The molecule has 1 atom stereocenters. The van der Waals surface area contributed by atoms with Crippen molar-refractivity contribution in [2.45, 2.75) is 58.0 Å². The SMILES string of the molecule is Cc1nn([C@@H]2CCS(=O)(=O)C2)c(C)c1C(=O)NC1CCCC1. The van der Waals surface area contributed by atoms with Crippen molar-refractivity contribution >= 4 is 15.7 Å². The second-order valence-electron chi connectivity index (χ2n) is 6.50. The zero-order chi connectivity index (χ0) is 15.9. The Labute approximate surface area is 131 Å². The van der Waals surface area contributed by atoms with Gasteiger partial charge in [-0.15, -0.1) is 0 Å². The summed E-state index contributed by atoms with van der Waals surface area (Å²) in [6.45, 7) is 3.67. The van der Waals surface area contributed by atoms with Crippen molar-refractivity contribution in [1.29, 1.82) is 0 Å². The van der Waals surface area contributed by atoms with Crippen LogP contribution in [0, 0.1) is 13.8 Å². The second kappa shape index (κ2) is 5.68. The Morgan fingerprint density at radius 2 is 1.91 bits per heavy atom. The summed E-state index contributed by atoms with van der Waals surface area (Å²) in [6, 6.07) is 0.123. The third-order valence-electron chi connectivity index (χ3n) is 4.80. The minimum absolute atomic E-state index is 0.0750. The lowest BCUT2D eigenvalue weighted by Crippen LogP contribution is -2.33. The van der Waals surface area contributed by atoms with E-state index in [1.165, 1.54) is 12.8 Å². The molecule has 0 spiro atoms. The first kappa shape index (κ1) is 15.5. The molecule has 7 heteroatoms. The summed E-state index contributed by atoms with van der Waals surface area (Å²) in [7, 11) is -2.96. The number of hydrogen-bond acceptors (Lipinski definition) is 4. The minimum Gasteiger partial charge on any atom is -0.349 e. The summed E-state index contributed by atoms with van der Waals surface area (Å²) in [4.78, 5) is 12.5. The summed E-state index contributed by atoms with van der Waals surface area (Å²) in [5.74, 6) is 0.257. The van der Waals surface area contributed by atoms with E-state index in [0.29, 0.717) is 17.7 Å². The largest absolute Gasteiger partial charge is 0.349 e. The lowest BCUT2D eigenvalue weighted by atomic mass is 10.1. The average Bonchev–Trinajstić information content (AvgIpc) is 3.10. The van der Waals surface area contributed by atoms with Crippen LogP contribution in [-0.2, 0) is 9.84 Å². The number of carbonyl (C=O) groups excluding carboxylic acids is 1. The number of nitrogens with one attached hydrogen (secondary N) is 1. The fourth-order valence-electron chi connectivity index (χ4n) is 3.64. The molecule has 3 rings (SSSR count). The van der Waals surface area contributed by atoms with Crippen LogP contribution in [0.3, 0.4) is 0 Å². The maximum atomic E-state index is 12.5. The average molecular weight is 325 g/mol. The maximum Gasteiger partial charge on any atom is 0.255 e. The lowest BCUT2D eigenvalue weighted by Gasteiger charge is -2.13. The molecule has 1 saturated carbocycles. The van der Waals surface area contributed by atoms with Crippen LogP contribution in [-0.4, -0.2) is 41.7 Å². The van der Waals surface area contributed by atoms with E-state index in [4.69, 9.17) is 0 Å². The molecule has 0 aromatic carbocycles. The monoisotopic (exact) mass is 325 g/mol. The normalized spacial score (nSPS) is 24.7. The summed E-state index contributed by atoms with van der Waals surface area (Å²) in [6.07, 6.45) is 5.00. The lowest BCUT2D eigenvalue weighted by molar-refractivity contribution is 0.0936. The fraction of sp³-hybridized carbons (Fsp3) is 0.733. The van der Waals surface area contributed by atoms with E-state index in [1.807, 2.05) is 13.8 Å². The van der Waals surface area contributed by atoms with Crippen LogP contribution in [0.15, 0.2) is 0 Å². The van der Waals surface area contributed by atoms with Gasteiger partial charge in [0.2, 0.25) is 0 Å². The molecule has 22 heavy (non-hydrogen) atoms. The molecule has 2 fully saturated rings. The molecule has 0 radical (unpaired) electrons. The molecule has 1 amide bonds. The van der Waals surface area contributed by atoms with Crippen LogP contribution >= 0.6 is 0 Å². The first-order valence-corrected chi connectivity index (χ1v) is 9.76. The Kier molecular flexibility index (Phi) is 4.01. The van der Waals surface area contributed by atoms with Gasteiger partial charge in [-0.2, -0.15) is 5.10 Å². The molecule has 1 aliphatic heterocycles. The number of amides is 1. The van der Waals surface area contributed by atoms with Crippen molar-refractivity contribution < 1.29 is 13.2 Å². The highest BCUT2D eigenvalue weighted by Crippen LogP contribution is 2.27. The van der Waals surface area contributed by atoms with Gasteiger partial charge in [0.1, 0.15) is 0 Å². The van der Waals surface area contributed by atoms with Gasteiger partial charge in [-0.3, -0.25) is 9.48 Å². The third kappa shape index (κ3) is 2.91. The molecule has 1 aliphatic carbocycles. The van der Waals surface area contributed by atoms with E-state index < -0.39 is 9.84 Å². The van der Waals surface area contributed by atoms with Crippen LogP contribution in [0.5, 0.6) is 0 Å². The number of nitrogens with zero attached hydrogens (tertiary/aromatic N) is 2. The first-order valence-electron chi connectivity index (χ1n) is 7.94. The Bertz CT molecular complexity index is 687. The molecule has 6 nitrogen and oxygen atoms in total. The molecule has 2 heterocycles. The predicted octanol–water partition coefficient (Wildman–Crippen LogP) is 1.53. The van der Waals surface area contributed by atoms with Crippen LogP contribution < -0.4 is 5.32 Å². The summed E-state index contributed by atoms with van der Waals surface area (Å²) in [5, 5.41) is 7.53. The molecule has 122 valence electrons. The van der Waals surface area contributed by atoms with Gasteiger partial charge in [0.15, 0.2) is 9.84 Å². The van der Waals surface area contributed by atoms with Crippen molar-refractivity contribution in [2.24, 2.45) is 0 Å². The molecule has 1 aromatic heterocycles. The zero-order valence-corrected chi connectivity index (χ0v) is 13.9. The van der Waals surface area contributed by atoms with Gasteiger partial charge in [0.05, 0.1) is 28.8 Å². The predicted molar refractivity (Wildman–Crippen MR) is 83.7 cm³/mol. The van der Waals surface area contributed by atoms with Gasteiger partial charge in [-0.1, -0.05) is 12.8 Å². The van der Waals surface area contributed by atoms with Gasteiger partial charge in [-0.05, 0) is 33.1 Å². The number of aryl methyl sites for hydroxylation is 1. The highest BCUT2D eigenvalue weighted by molar-refractivity contribution is 7.91. The van der Waals surface area contributed by atoms with E-state index in [9.17, 15) is 13.2 Å². The van der Waals surface area contributed by atoms with Crippen LogP contribution in [0.1, 0.15) is 59.9 Å². The molecular weight excluding hydrogens is 302 g/mol. The van der Waals surface area contributed by atoms with Crippen molar-refractivity contribution in [1.82, 2.24) is 15.1 Å². The summed E-state index contributed by atoms with van der Waals surface area (Å²) >= 11 is 0. The number of carbonyl (C=O) groups is 1. The number of sulfone groups is 1. The van der Waals surface area contributed by atoms with Crippen molar-refractivity contribution in [3.05, 3.63) is 17.0 Å². The highest BCUT2D eigenvalue weighted by Gasteiger charge is 2.32. The molecule has 2 aliphatic rings. The Hall–Kier alpha value is -1.37. The van der Waals surface area contributed by atoms with E-state index >= 15 is 0 Å². The smallest absolute Gasteiger partial charge is 0.255 e. The minimum atomic E-state index is -2.96. The molecular formula is C15H23N3O3S. The summed E-state index contributed by atoms with van der Waals surface area (Å²) in [5.41, 5.74) is 2.06. The standard InChI is InChI=1S/C15H23N3O3S/c1-10-14(15(19)16-12-5-3-4-6-12)11(2)18(17-10)13-7-8-22(20,21)9-13/h12-13H,3-9H2,1-2H3,(H,16,19)/t13-/m1/s1. The molecule has 1 saturated heterocycles. The van der Waals surface area contributed by atoms with Gasteiger partial charge >= 0.3 is 0 Å². The maximum absolute atomic E-state index is 12.5. The first-order chi connectivity index (χ1) is 10.4. The molecule has 1 N–H and O–H groups in total. The van der Waals surface area contributed by atoms with Gasteiger partial charge in [0, 0.05) is 11.7 Å². The Balaban J connectivity index is 1.82. The van der Waals surface area contributed by atoms with Crippen LogP contribution in [0.4, 0.5) is 0 Å². The Morgan fingerprint density at radius 3 is 2.50 bits per heavy atom. The molecule has 0 bridgehead atoms. The zero-order valence-electron chi connectivity index (χ0n) is 13.1. The topological polar surface area (TPSA) is 81.1 Å². The Morgan fingerprint density at radius 1 is 1.23 bits per heavy atom. The van der Waals surface area contributed by atoms with E-state index in [1.54, 1.807) is 4.68 Å². The van der Waals surface area contributed by atoms with Crippen molar-refractivity contribution in [2.75, 3.05) is 11.5 Å². The number of rotatable bonds is 3. The fourth-order valence-corrected chi connectivity index (χ4v) is 5.34. The van der Waals surface area contributed by atoms with Gasteiger partial charge in [-0.25, -0.2) is 8.42 Å². The van der Waals surface area contributed by atoms with E-state index in [2.05, 4.69) is 10.4 Å². The molecule has 0 unspecified atom stereocenters. The molecule has 1 aromatic rings. The second-order valence-corrected chi connectivity index (χ2v) is 8.73. The van der Waals surface area contributed by atoms with E-state index in [-0.39, 0.29) is 29.5 Å². The number of aromatic nitrogens is 2.